The Kier molecular flexibility index (Phi) is 4.81. The van der Waals surface area contributed by atoms with Crippen LogP contribution in [-0.2, 0) is 18.3 Å². The Balaban J connectivity index is 1.99. The molecule has 1 heterocycles. The Labute approximate surface area is 154 Å². The predicted molar refractivity (Wildman–Crippen MR) is 101 cm³/mol. The van der Waals surface area contributed by atoms with Crippen LogP contribution in [0.15, 0.2) is 35.3 Å². The lowest BCUT2D eigenvalue weighted by molar-refractivity contribution is -0.117. The van der Waals surface area contributed by atoms with E-state index in [1.807, 2.05) is 43.7 Å². The van der Waals surface area contributed by atoms with Gasteiger partial charge in [0.2, 0.25) is 0 Å². The van der Waals surface area contributed by atoms with Gasteiger partial charge < -0.3 is 4.57 Å². The van der Waals surface area contributed by atoms with Gasteiger partial charge >= 0.3 is 0 Å². The smallest absolute Gasteiger partial charge is 0.252 e. The van der Waals surface area contributed by atoms with Gasteiger partial charge in [-0.15, -0.1) is 0 Å². The van der Waals surface area contributed by atoms with Crippen molar-refractivity contribution in [3.05, 3.63) is 61.9 Å². The molecule has 0 bridgehead atoms. The van der Waals surface area contributed by atoms with E-state index < -0.39 is 0 Å². The van der Waals surface area contributed by atoms with E-state index in [1.165, 1.54) is 16.9 Å². The highest BCUT2D eigenvalue weighted by Crippen LogP contribution is 2.31. The van der Waals surface area contributed by atoms with Crippen molar-refractivity contribution in [3.63, 3.8) is 0 Å². The number of aryl methyl sites for hydroxylation is 3. The Morgan fingerprint density at radius 3 is 2.67 bits per heavy atom. The summed E-state index contributed by atoms with van der Waals surface area (Å²) in [7, 11) is 1.84. The number of halogens is 2. The van der Waals surface area contributed by atoms with Crippen molar-refractivity contribution in [1.29, 1.82) is 0 Å². The van der Waals surface area contributed by atoms with Crippen LogP contribution >= 0.6 is 34.5 Å². The minimum absolute atomic E-state index is 0.175. The van der Waals surface area contributed by atoms with E-state index >= 15 is 0 Å². The zero-order chi connectivity index (χ0) is 17.4. The average molecular weight is 379 g/mol. The fraction of sp³-hybridized carbons (Fsp3) is 0.222. The van der Waals surface area contributed by atoms with Crippen LogP contribution in [0.25, 0.3) is 10.2 Å². The van der Waals surface area contributed by atoms with E-state index in [9.17, 15) is 4.79 Å². The average Bonchev–Trinajstić information content (AvgIpc) is 2.83. The first kappa shape index (κ1) is 17.2. The molecule has 3 rings (SSSR count). The van der Waals surface area contributed by atoms with Crippen LogP contribution in [0, 0.1) is 13.8 Å². The molecule has 1 aromatic heterocycles. The van der Waals surface area contributed by atoms with Gasteiger partial charge in [0.05, 0.1) is 26.7 Å². The largest absolute Gasteiger partial charge is 0.318 e. The summed E-state index contributed by atoms with van der Waals surface area (Å²) in [5.41, 5.74) is 4.09. The van der Waals surface area contributed by atoms with Crippen molar-refractivity contribution in [2.75, 3.05) is 0 Å². The summed E-state index contributed by atoms with van der Waals surface area (Å²) >= 11 is 13.8. The van der Waals surface area contributed by atoms with E-state index in [4.69, 9.17) is 23.2 Å². The summed E-state index contributed by atoms with van der Waals surface area (Å²) < 4.78 is 2.76. The van der Waals surface area contributed by atoms with E-state index in [-0.39, 0.29) is 12.3 Å². The monoisotopic (exact) mass is 378 g/mol. The number of amides is 1. The summed E-state index contributed by atoms with van der Waals surface area (Å²) in [4.78, 5) is 17.2. The maximum Gasteiger partial charge on any atom is 0.252 e. The Morgan fingerprint density at radius 2 is 1.96 bits per heavy atom. The standard InChI is InChI=1S/C18H16Cl2N2OS/c1-10-4-5-12(11(2)8-10)9-15(23)21-18-22(3)17-14(24-18)7-6-13(19)16(17)20/h4-8H,9H2,1-3H3. The van der Waals surface area contributed by atoms with Gasteiger partial charge in [-0.25, -0.2) is 0 Å². The molecule has 0 aliphatic carbocycles. The number of fused-ring (bicyclic) bond motifs is 1. The van der Waals surface area contributed by atoms with Crippen LogP contribution in [0.2, 0.25) is 10.0 Å². The van der Waals surface area contributed by atoms with Gasteiger partial charge in [0.1, 0.15) is 0 Å². The zero-order valence-corrected chi connectivity index (χ0v) is 15.9. The van der Waals surface area contributed by atoms with Gasteiger partial charge in [-0.3, -0.25) is 4.79 Å². The van der Waals surface area contributed by atoms with Gasteiger partial charge in [-0.2, -0.15) is 4.99 Å². The fourth-order valence-electron chi connectivity index (χ4n) is 2.63. The zero-order valence-electron chi connectivity index (χ0n) is 13.6. The number of benzene rings is 2. The molecule has 3 nitrogen and oxygen atoms in total. The summed E-state index contributed by atoms with van der Waals surface area (Å²) in [5.74, 6) is -0.175. The number of nitrogens with zero attached hydrogens (tertiary/aromatic N) is 2. The molecule has 0 aliphatic rings. The van der Waals surface area contributed by atoms with Crippen LogP contribution in [0.1, 0.15) is 16.7 Å². The van der Waals surface area contributed by atoms with Crippen LogP contribution in [0.4, 0.5) is 0 Å². The van der Waals surface area contributed by atoms with E-state index in [1.54, 1.807) is 6.07 Å². The predicted octanol–water partition coefficient (Wildman–Crippen LogP) is 4.83. The highest BCUT2D eigenvalue weighted by atomic mass is 35.5. The number of carbonyl (C=O) groups is 1. The number of hydrogen-bond donors (Lipinski definition) is 0. The maximum absolute atomic E-state index is 12.4. The lowest BCUT2D eigenvalue weighted by Gasteiger charge is -2.04. The maximum atomic E-state index is 12.4. The normalized spacial score (nSPS) is 12.1. The van der Waals surface area contributed by atoms with Gasteiger partial charge in [-0.05, 0) is 37.1 Å². The molecule has 0 saturated carbocycles. The summed E-state index contributed by atoms with van der Waals surface area (Å²) in [6.45, 7) is 4.05. The molecule has 0 N–H and O–H groups in total. The van der Waals surface area contributed by atoms with Gasteiger partial charge in [0.15, 0.2) is 4.80 Å². The first-order chi connectivity index (χ1) is 11.4. The molecule has 0 fully saturated rings. The molecule has 124 valence electrons. The molecule has 2 aromatic carbocycles. The van der Waals surface area contributed by atoms with Crippen molar-refractivity contribution < 1.29 is 4.79 Å². The van der Waals surface area contributed by atoms with Crippen molar-refractivity contribution in [3.8, 4) is 0 Å². The molecule has 0 unspecified atom stereocenters. The minimum Gasteiger partial charge on any atom is -0.318 e. The number of rotatable bonds is 2. The molecule has 0 saturated heterocycles. The highest BCUT2D eigenvalue weighted by Gasteiger charge is 2.11. The first-order valence-corrected chi connectivity index (χ1v) is 9.01. The molecule has 24 heavy (non-hydrogen) atoms. The lowest BCUT2D eigenvalue weighted by Crippen LogP contribution is -2.14. The number of aromatic nitrogens is 1. The number of hydrogen-bond acceptors (Lipinski definition) is 2. The van der Waals surface area contributed by atoms with Crippen molar-refractivity contribution in [1.82, 2.24) is 4.57 Å². The van der Waals surface area contributed by atoms with E-state index in [0.29, 0.717) is 14.8 Å². The molecule has 6 heteroatoms. The lowest BCUT2D eigenvalue weighted by atomic mass is 10.0. The number of carbonyl (C=O) groups excluding carboxylic acids is 1. The number of thiazole rings is 1. The molecular formula is C18H16Cl2N2OS. The molecule has 0 aliphatic heterocycles. The molecule has 3 aromatic rings. The van der Waals surface area contributed by atoms with Crippen LogP contribution in [-0.4, -0.2) is 10.5 Å². The van der Waals surface area contributed by atoms with Crippen LogP contribution < -0.4 is 4.80 Å². The minimum atomic E-state index is -0.175. The molecule has 0 radical (unpaired) electrons. The van der Waals surface area contributed by atoms with Crippen molar-refractivity contribution in [2.45, 2.75) is 20.3 Å². The first-order valence-electron chi connectivity index (χ1n) is 7.44. The second kappa shape index (κ2) is 6.71. The molecule has 1 amide bonds. The second-order valence-electron chi connectivity index (χ2n) is 5.76. The SMILES string of the molecule is Cc1ccc(CC(=O)N=c2sc3ccc(Cl)c(Cl)c3n2C)c(C)c1. The van der Waals surface area contributed by atoms with Gasteiger partial charge in [0.25, 0.3) is 5.91 Å². The van der Waals surface area contributed by atoms with Gasteiger partial charge in [-0.1, -0.05) is 58.3 Å². The van der Waals surface area contributed by atoms with E-state index in [0.717, 1.165) is 21.3 Å². The molecular weight excluding hydrogens is 363 g/mol. The van der Waals surface area contributed by atoms with E-state index in [2.05, 4.69) is 11.1 Å². The summed E-state index contributed by atoms with van der Waals surface area (Å²) in [6, 6.07) is 9.71. The molecule has 0 atom stereocenters. The van der Waals surface area contributed by atoms with Crippen molar-refractivity contribution in [2.24, 2.45) is 12.0 Å². The summed E-state index contributed by atoms with van der Waals surface area (Å²) in [5, 5.41) is 0.974. The second-order valence-corrected chi connectivity index (χ2v) is 7.56. The van der Waals surface area contributed by atoms with Crippen molar-refractivity contribution >= 4 is 50.7 Å². The quantitative estimate of drug-likeness (QED) is 0.628. The summed E-state index contributed by atoms with van der Waals surface area (Å²) in [6.07, 6.45) is 0.287. The van der Waals surface area contributed by atoms with Gasteiger partial charge in [0, 0.05) is 7.05 Å². The van der Waals surface area contributed by atoms with Crippen LogP contribution in [0.3, 0.4) is 0 Å². The Hall–Kier alpha value is -1.62. The Morgan fingerprint density at radius 1 is 1.21 bits per heavy atom. The third kappa shape index (κ3) is 3.27. The third-order valence-corrected chi connectivity index (χ3v) is 5.81. The topological polar surface area (TPSA) is 34.4 Å². The highest BCUT2D eigenvalue weighted by molar-refractivity contribution is 7.16. The Bertz CT molecular complexity index is 1020. The van der Waals surface area contributed by atoms with Crippen LogP contribution in [0.5, 0.6) is 0 Å². The molecule has 0 spiro atoms. The third-order valence-electron chi connectivity index (χ3n) is 3.92. The fourth-order valence-corrected chi connectivity index (χ4v) is 4.17.